The third-order valence-corrected chi connectivity index (χ3v) is 2.79. The molecule has 0 spiro atoms. The van der Waals surface area contributed by atoms with E-state index in [2.05, 4.69) is 9.97 Å². The van der Waals surface area contributed by atoms with Gasteiger partial charge in [0, 0.05) is 13.2 Å². The molecule has 0 unspecified atom stereocenters. The number of hydrogen-bond donors (Lipinski definition) is 0. The van der Waals surface area contributed by atoms with E-state index in [0.717, 1.165) is 11.4 Å². The first-order valence-corrected chi connectivity index (χ1v) is 6.39. The van der Waals surface area contributed by atoms with Gasteiger partial charge in [-0.05, 0) is 19.1 Å². The van der Waals surface area contributed by atoms with Crippen molar-refractivity contribution in [1.82, 2.24) is 14.9 Å². The third-order valence-electron chi connectivity index (χ3n) is 2.79. The highest BCUT2D eigenvalue weighted by Gasteiger charge is 2.13. The van der Waals surface area contributed by atoms with Crippen molar-refractivity contribution < 1.29 is 9.53 Å². The largest absolute Gasteiger partial charge is 0.492 e. The number of para-hydroxylation sites is 1. The van der Waals surface area contributed by atoms with Crippen molar-refractivity contribution in [3.05, 3.63) is 54.1 Å². The maximum Gasteiger partial charge on any atom is 0.273 e. The van der Waals surface area contributed by atoms with Crippen LogP contribution < -0.4 is 4.74 Å². The number of likely N-dealkylation sites (N-methyl/N-ethyl adjacent to an activating group) is 1. The maximum atomic E-state index is 12.1. The molecule has 0 bridgehead atoms. The van der Waals surface area contributed by atoms with E-state index in [9.17, 15) is 4.79 Å². The molecule has 0 saturated heterocycles. The van der Waals surface area contributed by atoms with E-state index in [0.29, 0.717) is 18.8 Å². The van der Waals surface area contributed by atoms with E-state index in [4.69, 9.17) is 4.74 Å². The molecule has 5 heteroatoms. The van der Waals surface area contributed by atoms with E-state index >= 15 is 0 Å². The van der Waals surface area contributed by atoms with Crippen molar-refractivity contribution in [2.45, 2.75) is 6.92 Å². The summed E-state index contributed by atoms with van der Waals surface area (Å²) in [6, 6.07) is 9.51. The summed E-state index contributed by atoms with van der Waals surface area (Å²) in [4.78, 5) is 21.8. The lowest BCUT2D eigenvalue weighted by atomic mass is 10.3. The number of carbonyl (C=O) groups is 1. The second-order valence-corrected chi connectivity index (χ2v) is 4.43. The Labute approximate surface area is 118 Å². The molecule has 1 aromatic heterocycles. The Bertz CT molecular complexity index is 555. The Morgan fingerprint density at radius 3 is 2.60 bits per heavy atom. The minimum atomic E-state index is -0.158. The molecule has 0 aliphatic rings. The van der Waals surface area contributed by atoms with Crippen molar-refractivity contribution in [2.24, 2.45) is 0 Å². The molecule has 2 rings (SSSR count). The van der Waals surface area contributed by atoms with Crippen LogP contribution in [0.15, 0.2) is 42.7 Å². The number of aromatic nitrogens is 2. The lowest BCUT2D eigenvalue weighted by molar-refractivity contribution is 0.0767. The second-order valence-electron chi connectivity index (χ2n) is 4.43. The van der Waals surface area contributed by atoms with Gasteiger partial charge in [0.15, 0.2) is 0 Å². The quantitative estimate of drug-likeness (QED) is 0.834. The van der Waals surface area contributed by atoms with Crippen molar-refractivity contribution in [3.8, 4) is 5.75 Å². The van der Waals surface area contributed by atoms with Crippen molar-refractivity contribution in [1.29, 1.82) is 0 Å². The number of benzene rings is 1. The highest BCUT2D eigenvalue weighted by molar-refractivity contribution is 5.91. The predicted molar refractivity (Wildman–Crippen MR) is 75.7 cm³/mol. The number of rotatable bonds is 5. The molecule has 2 aromatic rings. The summed E-state index contributed by atoms with van der Waals surface area (Å²) in [5.74, 6) is 0.637. The van der Waals surface area contributed by atoms with Gasteiger partial charge in [0.1, 0.15) is 18.1 Å². The highest BCUT2D eigenvalue weighted by Crippen LogP contribution is 2.08. The van der Waals surface area contributed by atoms with Gasteiger partial charge in [-0.15, -0.1) is 0 Å². The molecule has 20 heavy (non-hydrogen) atoms. The number of carbonyl (C=O) groups excluding carboxylic acids is 1. The molecule has 0 atom stereocenters. The predicted octanol–water partition coefficient (Wildman–Crippen LogP) is 1.94. The van der Waals surface area contributed by atoms with Crippen molar-refractivity contribution >= 4 is 5.91 Å². The standard InChI is InChI=1S/C15H17N3O2/c1-12-10-17-14(11-16-12)15(19)18(2)8-9-20-13-6-4-3-5-7-13/h3-7,10-11H,8-9H2,1-2H3. The fourth-order valence-electron chi connectivity index (χ4n) is 1.62. The molecular formula is C15H17N3O2. The van der Waals surface area contributed by atoms with Crippen LogP contribution in [0.3, 0.4) is 0 Å². The first-order valence-electron chi connectivity index (χ1n) is 6.39. The molecule has 104 valence electrons. The van der Waals surface area contributed by atoms with Crippen LogP contribution in [0, 0.1) is 6.92 Å². The van der Waals surface area contributed by atoms with Gasteiger partial charge in [0.2, 0.25) is 0 Å². The SMILES string of the molecule is Cc1cnc(C(=O)N(C)CCOc2ccccc2)cn1. The van der Waals surface area contributed by atoms with Crippen molar-refractivity contribution in [3.63, 3.8) is 0 Å². The van der Waals surface area contributed by atoms with Crippen molar-refractivity contribution in [2.75, 3.05) is 20.2 Å². The summed E-state index contributed by atoms with van der Waals surface area (Å²) in [6.07, 6.45) is 3.08. The monoisotopic (exact) mass is 271 g/mol. The maximum absolute atomic E-state index is 12.1. The van der Waals surface area contributed by atoms with E-state index in [1.54, 1.807) is 18.1 Å². The molecule has 0 N–H and O–H groups in total. The van der Waals surface area contributed by atoms with Gasteiger partial charge in [-0.3, -0.25) is 9.78 Å². The Morgan fingerprint density at radius 2 is 1.95 bits per heavy atom. The van der Waals surface area contributed by atoms with Crippen LogP contribution in [0.25, 0.3) is 0 Å². The van der Waals surface area contributed by atoms with Crippen LogP contribution in [-0.2, 0) is 0 Å². The molecule has 5 nitrogen and oxygen atoms in total. The molecule has 0 radical (unpaired) electrons. The number of aryl methyl sites for hydroxylation is 1. The summed E-state index contributed by atoms with van der Waals surface area (Å²) < 4.78 is 5.55. The van der Waals surface area contributed by atoms with E-state index < -0.39 is 0 Å². The fourth-order valence-corrected chi connectivity index (χ4v) is 1.62. The zero-order chi connectivity index (χ0) is 14.4. The first-order chi connectivity index (χ1) is 9.66. The summed E-state index contributed by atoms with van der Waals surface area (Å²) in [7, 11) is 1.72. The van der Waals surface area contributed by atoms with E-state index in [-0.39, 0.29) is 5.91 Å². The Kier molecular flexibility index (Phi) is 4.65. The molecule has 0 saturated carbocycles. The van der Waals surface area contributed by atoms with Crippen LogP contribution in [-0.4, -0.2) is 41.0 Å². The molecule has 1 amide bonds. The number of ether oxygens (including phenoxy) is 1. The summed E-state index contributed by atoms with van der Waals surface area (Å²) in [5, 5.41) is 0. The normalized spacial score (nSPS) is 10.1. The highest BCUT2D eigenvalue weighted by atomic mass is 16.5. The Balaban J connectivity index is 1.84. The van der Waals surface area contributed by atoms with Gasteiger partial charge < -0.3 is 9.64 Å². The van der Waals surface area contributed by atoms with Crippen LogP contribution >= 0.6 is 0 Å². The Hall–Kier alpha value is -2.43. The minimum absolute atomic E-state index is 0.158. The second kappa shape index (κ2) is 6.65. The van der Waals surface area contributed by atoms with Crippen LogP contribution in [0.5, 0.6) is 5.75 Å². The smallest absolute Gasteiger partial charge is 0.273 e. The zero-order valence-corrected chi connectivity index (χ0v) is 11.6. The van der Waals surface area contributed by atoms with Gasteiger partial charge in [0.25, 0.3) is 5.91 Å². The number of hydrogen-bond acceptors (Lipinski definition) is 4. The van der Waals surface area contributed by atoms with E-state index in [1.807, 2.05) is 37.3 Å². The lowest BCUT2D eigenvalue weighted by Crippen LogP contribution is -2.31. The van der Waals surface area contributed by atoms with Crippen LogP contribution in [0.1, 0.15) is 16.2 Å². The third kappa shape index (κ3) is 3.78. The van der Waals surface area contributed by atoms with Gasteiger partial charge >= 0.3 is 0 Å². The molecule has 1 aromatic carbocycles. The lowest BCUT2D eigenvalue weighted by Gasteiger charge is -2.16. The first kappa shape index (κ1) is 14.0. The van der Waals surface area contributed by atoms with Gasteiger partial charge in [0.05, 0.1) is 18.4 Å². The van der Waals surface area contributed by atoms with Gasteiger partial charge in [-0.2, -0.15) is 0 Å². The number of amides is 1. The van der Waals surface area contributed by atoms with E-state index in [1.165, 1.54) is 6.20 Å². The van der Waals surface area contributed by atoms with Crippen LogP contribution in [0.2, 0.25) is 0 Å². The average Bonchev–Trinajstić information content (AvgIpc) is 2.48. The molecular weight excluding hydrogens is 254 g/mol. The topological polar surface area (TPSA) is 55.3 Å². The molecule has 0 aliphatic heterocycles. The number of nitrogens with zero attached hydrogens (tertiary/aromatic N) is 3. The van der Waals surface area contributed by atoms with Gasteiger partial charge in [-0.25, -0.2) is 4.98 Å². The van der Waals surface area contributed by atoms with Gasteiger partial charge in [-0.1, -0.05) is 18.2 Å². The zero-order valence-electron chi connectivity index (χ0n) is 11.6. The average molecular weight is 271 g/mol. The fraction of sp³-hybridized carbons (Fsp3) is 0.267. The van der Waals surface area contributed by atoms with Crippen LogP contribution in [0.4, 0.5) is 0 Å². The molecule has 0 fully saturated rings. The summed E-state index contributed by atoms with van der Waals surface area (Å²) in [5.41, 5.74) is 1.13. The molecule has 1 heterocycles. The summed E-state index contributed by atoms with van der Waals surface area (Å²) in [6.45, 7) is 2.76. The Morgan fingerprint density at radius 1 is 1.20 bits per heavy atom. The molecule has 0 aliphatic carbocycles. The minimum Gasteiger partial charge on any atom is -0.492 e. The summed E-state index contributed by atoms with van der Waals surface area (Å²) >= 11 is 0.